The highest BCUT2D eigenvalue weighted by molar-refractivity contribution is 5.95. The van der Waals surface area contributed by atoms with E-state index >= 15 is 0 Å². The molecule has 2 rings (SSSR count). The zero-order valence-electron chi connectivity index (χ0n) is 9.10. The van der Waals surface area contributed by atoms with Crippen LogP contribution in [-0.2, 0) is 0 Å². The largest absolute Gasteiger partial charge is 0.192 e. The Labute approximate surface area is 103 Å². The summed E-state index contributed by atoms with van der Waals surface area (Å²) in [5.74, 6) is 0. The van der Waals surface area contributed by atoms with E-state index in [0.717, 1.165) is 0 Å². The molecular weight excluding hydrogens is 224 g/mol. The normalized spacial score (nSPS) is 8.89. The summed E-state index contributed by atoms with van der Waals surface area (Å²) in [5, 5.41) is 37.1. The van der Waals surface area contributed by atoms with Crippen molar-refractivity contribution in [2.24, 2.45) is 0 Å². The third kappa shape index (κ3) is 1.43. The van der Waals surface area contributed by atoms with Crippen LogP contribution in [0.25, 0.3) is 10.8 Å². The van der Waals surface area contributed by atoms with Gasteiger partial charge in [-0.1, -0.05) is 12.1 Å². The van der Waals surface area contributed by atoms with Gasteiger partial charge in [0.2, 0.25) is 0 Å². The average molecular weight is 228 g/mol. The van der Waals surface area contributed by atoms with Gasteiger partial charge in [-0.15, -0.1) is 0 Å². The smallest absolute Gasteiger partial charge is 0.101 e. The van der Waals surface area contributed by atoms with Gasteiger partial charge < -0.3 is 0 Å². The topological polar surface area (TPSA) is 95.2 Å². The predicted octanol–water partition coefficient (Wildman–Crippen LogP) is 2.33. The van der Waals surface area contributed by atoms with Crippen LogP contribution < -0.4 is 0 Å². The van der Waals surface area contributed by atoms with Crippen molar-refractivity contribution in [2.45, 2.75) is 0 Å². The molecule has 0 aliphatic heterocycles. The number of rotatable bonds is 0. The monoisotopic (exact) mass is 228 g/mol. The zero-order valence-corrected chi connectivity index (χ0v) is 9.10. The molecule has 18 heavy (non-hydrogen) atoms. The summed E-state index contributed by atoms with van der Waals surface area (Å²) in [6.07, 6.45) is 0. The number of fused-ring (bicyclic) bond motifs is 1. The van der Waals surface area contributed by atoms with Crippen LogP contribution in [0.4, 0.5) is 0 Å². The molecule has 0 unspecified atom stereocenters. The highest BCUT2D eigenvalue weighted by Gasteiger charge is 2.12. The molecule has 0 saturated heterocycles. The molecule has 0 bridgehead atoms. The fourth-order valence-corrected chi connectivity index (χ4v) is 1.83. The Kier molecular flexibility index (Phi) is 2.64. The first-order valence-corrected chi connectivity index (χ1v) is 4.97. The van der Waals surface area contributed by atoms with Crippen LogP contribution in [0.2, 0.25) is 0 Å². The molecule has 0 atom stereocenters. The summed E-state index contributed by atoms with van der Waals surface area (Å²) >= 11 is 0. The molecule has 0 radical (unpaired) electrons. The van der Waals surface area contributed by atoms with E-state index in [1.165, 1.54) is 12.1 Å². The summed E-state index contributed by atoms with van der Waals surface area (Å²) in [6, 6.07) is 14.0. The van der Waals surface area contributed by atoms with Crippen molar-refractivity contribution in [3.63, 3.8) is 0 Å². The van der Waals surface area contributed by atoms with Crippen LogP contribution in [-0.4, -0.2) is 0 Å². The van der Waals surface area contributed by atoms with E-state index in [0.29, 0.717) is 10.8 Å². The highest BCUT2D eigenvalue weighted by Crippen LogP contribution is 2.26. The minimum atomic E-state index is 0.232. The highest BCUT2D eigenvalue weighted by atomic mass is 14.3. The fraction of sp³-hybridized carbons (Fsp3) is 0. The van der Waals surface area contributed by atoms with Gasteiger partial charge in [0, 0.05) is 10.8 Å². The summed E-state index contributed by atoms with van der Waals surface area (Å²) in [4.78, 5) is 0. The summed E-state index contributed by atoms with van der Waals surface area (Å²) in [7, 11) is 0. The third-order valence-electron chi connectivity index (χ3n) is 2.67. The Balaban J connectivity index is 3.03. The van der Waals surface area contributed by atoms with Gasteiger partial charge in [-0.25, -0.2) is 0 Å². The first kappa shape index (κ1) is 11.2. The number of hydrogen-bond donors (Lipinski definition) is 0. The Bertz CT molecular complexity index is 749. The van der Waals surface area contributed by atoms with Gasteiger partial charge in [-0.2, -0.15) is 21.0 Å². The lowest BCUT2D eigenvalue weighted by Gasteiger charge is -2.04. The standard InChI is InChI=1S/C14H4N4/c15-5-9-1-3-11-12(13(9)7-17)4-2-10(6-16)14(11)8-18/h1-4H. The van der Waals surface area contributed by atoms with Crippen LogP contribution in [0, 0.1) is 45.3 Å². The molecule has 2 aromatic rings. The second kappa shape index (κ2) is 4.26. The molecule has 2 aromatic carbocycles. The van der Waals surface area contributed by atoms with E-state index < -0.39 is 0 Å². The molecule has 0 aliphatic rings. The van der Waals surface area contributed by atoms with E-state index in [9.17, 15) is 0 Å². The molecule has 0 aliphatic carbocycles. The van der Waals surface area contributed by atoms with Crippen molar-refractivity contribution >= 4 is 10.8 Å². The maximum absolute atomic E-state index is 9.09. The van der Waals surface area contributed by atoms with E-state index in [1.54, 1.807) is 12.1 Å². The fourth-order valence-electron chi connectivity index (χ4n) is 1.83. The molecular formula is C14H4N4. The number of nitriles is 4. The number of nitrogens with zero attached hydrogens (tertiary/aromatic N) is 4. The van der Waals surface area contributed by atoms with Gasteiger partial charge in [0.05, 0.1) is 22.3 Å². The molecule has 0 spiro atoms. The maximum Gasteiger partial charge on any atom is 0.101 e. The second-order valence-electron chi connectivity index (χ2n) is 3.52. The zero-order chi connectivity index (χ0) is 13.1. The minimum absolute atomic E-state index is 0.232. The first-order chi connectivity index (χ1) is 8.76. The van der Waals surface area contributed by atoms with Crippen molar-refractivity contribution < 1.29 is 0 Å². The molecule has 80 valence electrons. The summed E-state index contributed by atoms with van der Waals surface area (Å²) in [6.45, 7) is 0. The third-order valence-corrected chi connectivity index (χ3v) is 2.67. The molecule has 4 heteroatoms. The molecule has 0 aromatic heterocycles. The molecule has 0 amide bonds. The van der Waals surface area contributed by atoms with Crippen LogP contribution in [0.5, 0.6) is 0 Å². The van der Waals surface area contributed by atoms with Gasteiger partial charge in [0.15, 0.2) is 0 Å². The lowest BCUT2D eigenvalue weighted by Crippen LogP contribution is -1.91. The van der Waals surface area contributed by atoms with Gasteiger partial charge >= 0.3 is 0 Å². The van der Waals surface area contributed by atoms with Crippen LogP contribution in [0.3, 0.4) is 0 Å². The van der Waals surface area contributed by atoms with Crippen LogP contribution in [0.1, 0.15) is 22.3 Å². The Morgan fingerprint density at radius 1 is 0.556 bits per heavy atom. The van der Waals surface area contributed by atoms with Gasteiger partial charge in [-0.3, -0.25) is 0 Å². The van der Waals surface area contributed by atoms with Gasteiger partial charge in [-0.05, 0) is 12.1 Å². The Morgan fingerprint density at radius 3 is 1.22 bits per heavy atom. The molecule has 4 nitrogen and oxygen atoms in total. The SMILES string of the molecule is N#Cc1ccc2c(C#N)c(C#N)ccc2c1C#N. The van der Waals surface area contributed by atoms with Crippen molar-refractivity contribution in [1.82, 2.24) is 0 Å². The second-order valence-corrected chi connectivity index (χ2v) is 3.52. The number of benzene rings is 2. The minimum Gasteiger partial charge on any atom is -0.192 e. The lowest BCUT2D eigenvalue weighted by atomic mass is 9.95. The summed E-state index contributed by atoms with van der Waals surface area (Å²) in [5.41, 5.74) is 0.990. The van der Waals surface area contributed by atoms with E-state index in [-0.39, 0.29) is 22.3 Å². The molecule has 0 saturated carbocycles. The van der Waals surface area contributed by atoms with Gasteiger partial charge in [0.1, 0.15) is 24.3 Å². The quantitative estimate of drug-likeness (QED) is 0.691. The van der Waals surface area contributed by atoms with Crippen LogP contribution in [0.15, 0.2) is 24.3 Å². The molecule has 0 N–H and O–H groups in total. The van der Waals surface area contributed by atoms with Crippen molar-refractivity contribution in [1.29, 1.82) is 21.0 Å². The average Bonchev–Trinajstić information content (AvgIpc) is 2.44. The van der Waals surface area contributed by atoms with Crippen molar-refractivity contribution in [2.75, 3.05) is 0 Å². The van der Waals surface area contributed by atoms with Crippen molar-refractivity contribution in [3.05, 3.63) is 46.5 Å². The maximum atomic E-state index is 9.09. The van der Waals surface area contributed by atoms with Gasteiger partial charge in [0.25, 0.3) is 0 Å². The van der Waals surface area contributed by atoms with E-state index in [1.807, 2.05) is 24.3 Å². The van der Waals surface area contributed by atoms with Crippen LogP contribution >= 0.6 is 0 Å². The lowest BCUT2D eigenvalue weighted by molar-refractivity contribution is 1.43. The molecule has 0 fully saturated rings. The number of hydrogen-bond acceptors (Lipinski definition) is 4. The van der Waals surface area contributed by atoms with E-state index in [4.69, 9.17) is 21.0 Å². The summed E-state index contributed by atoms with van der Waals surface area (Å²) < 4.78 is 0. The Morgan fingerprint density at radius 2 is 0.944 bits per heavy atom. The van der Waals surface area contributed by atoms with Crippen molar-refractivity contribution in [3.8, 4) is 24.3 Å². The Hall–Kier alpha value is -3.34. The van der Waals surface area contributed by atoms with E-state index in [2.05, 4.69) is 0 Å². The molecule has 0 heterocycles. The first-order valence-electron chi connectivity index (χ1n) is 4.97. The predicted molar refractivity (Wildman–Crippen MR) is 62.8 cm³/mol.